The van der Waals surface area contributed by atoms with Gasteiger partial charge < -0.3 is 30.6 Å². The molecule has 6 heteroatoms. The summed E-state index contributed by atoms with van der Waals surface area (Å²) in [6, 6.07) is 0.181. The molecule has 0 aromatic carbocycles. The summed E-state index contributed by atoms with van der Waals surface area (Å²) in [4.78, 5) is 11.8. The summed E-state index contributed by atoms with van der Waals surface area (Å²) in [6.07, 6.45) is 1.96. The van der Waals surface area contributed by atoms with E-state index in [0.717, 1.165) is 12.1 Å². The zero-order chi connectivity index (χ0) is 20.1. The third-order valence-electron chi connectivity index (χ3n) is 5.29. The summed E-state index contributed by atoms with van der Waals surface area (Å²) in [5.41, 5.74) is 1.75. The highest BCUT2D eigenvalue weighted by atomic mass is 79.9. The first kappa shape index (κ1) is 27.8. The monoisotopic (exact) mass is 449 g/mol. The Morgan fingerprint density at radius 2 is 1.73 bits per heavy atom. The second kappa shape index (κ2) is 10.8. The number of rotatable bonds is 9. The first-order chi connectivity index (χ1) is 11.2. The van der Waals surface area contributed by atoms with Crippen LogP contribution in [0, 0.1) is 0 Å². The van der Waals surface area contributed by atoms with Crippen molar-refractivity contribution in [3.05, 3.63) is 23.8 Å². The second-order valence-electron chi connectivity index (χ2n) is 9.00. The predicted octanol–water partition coefficient (Wildman–Crippen LogP) is 1.54. The van der Waals surface area contributed by atoms with Gasteiger partial charge in [0.05, 0.1) is 33.9 Å². The van der Waals surface area contributed by atoms with Crippen LogP contribution in [-0.4, -0.2) is 58.7 Å². The molecule has 0 rings (SSSR count). The summed E-state index contributed by atoms with van der Waals surface area (Å²) in [5, 5.41) is 0.185. The largest absolute Gasteiger partial charge is 1.00 e. The number of hydrogen-bond acceptors (Lipinski definition) is 3. The van der Waals surface area contributed by atoms with Crippen molar-refractivity contribution in [2.24, 2.45) is 0 Å². The first-order valence-corrected chi connectivity index (χ1v) is 12.0. The number of likely N-dealkylation sites (N-methyl/N-ethyl adjacent to an activating group) is 1. The van der Waals surface area contributed by atoms with E-state index in [1.807, 2.05) is 13.0 Å². The van der Waals surface area contributed by atoms with Crippen LogP contribution >= 0.6 is 0 Å². The topological polar surface area (TPSA) is 35.5 Å². The van der Waals surface area contributed by atoms with E-state index in [1.54, 1.807) is 6.92 Å². The molecule has 0 radical (unpaired) electrons. The minimum atomic E-state index is -1.81. The van der Waals surface area contributed by atoms with Crippen molar-refractivity contribution in [3.63, 3.8) is 0 Å². The maximum atomic E-state index is 11.8. The van der Waals surface area contributed by atoms with Crippen LogP contribution in [0.5, 0.6) is 0 Å². The van der Waals surface area contributed by atoms with Gasteiger partial charge in [-0.05, 0) is 50.6 Å². The van der Waals surface area contributed by atoms with E-state index in [4.69, 9.17) is 9.16 Å². The van der Waals surface area contributed by atoms with Crippen molar-refractivity contribution >= 4 is 14.3 Å². The van der Waals surface area contributed by atoms with Gasteiger partial charge in [-0.2, -0.15) is 0 Å². The van der Waals surface area contributed by atoms with Crippen molar-refractivity contribution in [2.75, 3.05) is 33.9 Å². The van der Waals surface area contributed by atoms with Crippen LogP contribution in [0.1, 0.15) is 41.5 Å². The average Bonchev–Trinajstić information content (AvgIpc) is 2.43. The quantitative estimate of drug-likeness (QED) is 0.176. The number of carbonyl (C=O) groups excluding carboxylic acids is 1. The summed E-state index contributed by atoms with van der Waals surface area (Å²) in [5.74, 6) is -0.244. The third-order valence-corrected chi connectivity index (χ3v) is 9.79. The molecule has 1 unspecified atom stereocenters. The molecule has 0 aromatic rings. The van der Waals surface area contributed by atoms with Gasteiger partial charge >= 0.3 is 5.97 Å². The number of esters is 1. The lowest BCUT2D eigenvalue weighted by molar-refractivity contribution is -0.904. The predicted molar refractivity (Wildman–Crippen MR) is 109 cm³/mol. The van der Waals surface area contributed by atoms with E-state index in [-0.39, 0.29) is 34.0 Å². The normalized spacial score (nSPS) is 14.5. The van der Waals surface area contributed by atoms with Crippen LogP contribution in [0.4, 0.5) is 0 Å². The number of carbonyl (C=O) groups is 1. The minimum Gasteiger partial charge on any atom is -1.00 e. The molecule has 4 nitrogen and oxygen atoms in total. The molecule has 0 aliphatic carbocycles. The zero-order valence-corrected chi connectivity index (χ0v) is 21.1. The smallest absolute Gasteiger partial charge is 0.333 e. The van der Waals surface area contributed by atoms with E-state index in [1.165, 1.54) is 0 Å². The molecule has 0 saturated heterocycles. The van der Waals surface area contributed by atoms with Crippen molar-refractivity contribution in [1.29, 1.82) is 0 Å². The lowest BCUT2D eigenvalue weighted by Gasteiger charge is -2.42. The summed E-state index contributed by atoms with van der Waals surface area (Å²) in [7, 11) is 2.51. The Labute approximate surface area is 173 Å². The molecule has 0 amide bonds. The fourth-order valence-electron chi connectivity index (χ4n) is 2.27. The van der Waals surface area contributed by atoms with Crippen molar-refractivity contribution in [3.8, 4) is 0 Å². The summed E-state index contributed by atoms with van der Waals surface area (Å²) < 4.78 is 12.2. The van der Waals surface area contributed by atoms with E-state index < -0.39 is 8.32 Å². The fourth-order valence-corrected chi connectivity index (χ4v) is 3.28. The molecule has 0 N–H and O–H groups in total. The zero-order valence-electron chi connectivity index (χ0n) is 18.5. The highest BCUT2D eigenvalue weighted by Crippen LogP contribution is 2.37. The highest BCUT2D eigenvalue weighted by molar-refractivity contribution is 6.74. The van der Waals surface area contributed by atoms with E-state index in [0.29, 0.717) is 23.3 Å². The van der Waals surface area contributed by atoms with Crippen LogP contribution in [0.25, 0.3) is 0 Å². The molecule has 0 aliphatic rings. The number of halogens is 1. The number of quaternary nitrogens is 1. The third kappa shape index (κ3) is 8.50. The fraction of sp³-hybridized carbons (Fsp3) is 0.750. The van der Waals surface area contributed by atoms with Gasteiger partial charge in [-0.25, -0.2) is 4.79 Å². The maximum Gasteiger partial charge on any atom is 0.333 e. The van der Waals surface area contributed by atoms with Gasteiger partial charge in [0.15, 0.2) is 8.32 Å². The number of nitrogens with zero attached hydrogens (tertiary/aromatic N) is 1. The minimum absolute atomic E-state index is 0. The van der Waals surface area contributed by atoms with Crippen molar-refractivity contribution < 1.29 is 35.4 Å². The SMILES string of the molecule is C=C(C)C(CO[Si](C)(C)C(C)(C)C)[N+](C)(C)C/C=C(\C)C(=O)OCC.[Br-]. The second-order valence-corrected chi connectivity index (χ2v) is 13.8. The molecule has 0 aromatic heterocycles. The van der Waals surface area contributed by atoms with Crippen molar-refractivity contribution in [2.45, 2.75) is 65.7 Å². The molecule has 26 heavy (non-hydrogen) atoms. The molecule has 0 spiro atoms. The van der Waals surface area contributed by atoms with Gasteiger partial charge in [-0.15, -0.1) is 0 Å². The maximum absolute atomic E-state index is 11.8. The van der Waals surface area contributed by atoms with Crippen LogP contribution in [0.2, 0.25) is 18.1 Å². The molecular weight excluding hydrogens is 410 g/mol. The van der Waals surface area contributed by atoms with Crippen LogP contribution < -0.4 is 17.0 Å². The lowest BCUT2D eigenvalue weighted by atomic mass is 10.1. The van der Waals surface area contributed by atoms with E-state index in [2.05, 4.69) is 61.5 Å². The molecule has 0 aliphatic heterocycles. The van der Waals surface area contributed by atoms with Gasteiger partial charge in [0.2, 0.25) is 0 Å². The Morgan fingerprint density at radius 1 is 1.23 bits per heavy atom. The van der Waals surface area contributed by atoms with Gasteiger partial charge in [0, 0.05) is 5.57 Å². The standard InChI is InChI=1S/C20H40NO3Si.BrH/c1-12-23-19(22)17(4)13-14-21(8,9)18(16(2)3)15-24-25(10,11)20(5,6)7;/h13,18H,2,12,14-15H2,1,3-11H3;1H/q+1;/p-1/b17-13+;. The molecule has 0 heterocycles. The van der Waals surface area contributed by atoms with Gasteiger partial charge in [0.1, 0.15) is 6.04 Å². The van der Waals surface area contributed by atoms with E-state index in [9.17, 15) is 4.79 Å². The van der Waals surface area contributed by atoms with Gasteiger partial charge in [-0.1, -0.05) is 27.4 Å². The Balaban J connectivity index is 0. The Hall–Kier alpha value is -0.433. The summed E-state index contributed by atoms with van der Waals surface area (Å²) in [6.45, 7) is 22.9. The molecule has 0 fully saturated rings. The van der Waals surface area contributed by atoms with E-state index >= 15 is 0 Å². The summed E-state index contributed by atoms with van der Waals surface area (Å²) >= 11 is 0. The van der Waals surface area contributed by atoms with Crippen LogP contribution in [-0.2, 0) is 14.0 Å². The molecular formula is C20H40BrNO3Si. The Bertz CT molecular complexity index is 508. The highest BCUT2D eigenvalue weighted by Gasteiger charge is 2.39. The average molecular weight is 451 g/mol. The Kier molecular flexibility index (Phi) is 11.5. The van der Waals surface area contributed by atoms with Crippen molar-refractivity contribution in [1.82, 2.24) is 0 Å². The van der Waals surface area contributed by atoms with Gasteiger partial charge in [0.25, 0.3) is 0 Å². The molecule has 154 valence electrons. The molecule has 0 saturated carbocycles. The van der Waals surface area contributed by atoms with Crippen LogP contribution in [0.3, 0.4) is 0 Å². The van der Waals surface area contributed by atoms with Crippen LogP contribution in [0.15, 0.2) is 23.8 Å². The first-order valence-electron chi connectivity index (χ1n) is 9.11. The van der Waals surface area contributed by atoms with Gasteiger partial charge in [-0.3, -0.25) is 0 Å². The molecule has 0 bridgehead atoms. The lowest BCUT2D eigenvalue weighted by Crippen LogP contribution is -3.00. The number of hydrogen-bond donors (Lipinski definition) is 0. The number of ether oxygens (including phenoxy) is 1. The molecule has 1 atom stereocenters. The Morgan fingerprint density at radius 3 is 2.12 bits per heavy atom.